The van der Waals surface area contributed by atoms with Crippen LogP contribution in [0.15, 0.2) is 36.9 Å². The SMILES string of the molecule is C=C(c1cc(OC)c(OC)c(OC)c1)c1ccc(OC)c(C(=O)NO)c1. The van der Waals surface area contributed by atoms with Crippen LogP contribution in [-0.4, -0.2) is 39.6 Å². The average Bonchev–Trinajstić information content (AvgIpc) is 2.70. The van der Waals surface area contributed by atoms with Crippen LogP contribution in [0, 0.1) is 0 Å². The molecule has 7 heteroatoms. The molecular formula is C19H21NO6. The molecule has 2 aromatic rings. The molecule has 0 spiro atoms. The lowest BCUT2D eigenvalue weighted by Crippen LogP contribution is -2.19. The Bertz CT molecular complexity index is 806. The molecule has 26 heavy (non-hydrogen) atoms. The van der Waals surface area contributed by atoms with Gasteiger partial charge < -0.3 is 18.9 Å². The zero-order chi connectivity index (χ0) is 19.3. The van der Waals surface area contributed by atoms with Crippen molar-refractivity contribution in [3.8, 4) is 23.0 Å². The van der Waals surface area contributed by atoms with Crippen LogP contribution in [0.3, 0.4) is 0 Å². The molecule has 7 nitrogen and oxygen atoms in total. The van der Waals surface area contributed by atoms with Gasteiger partial charge in [-0.2, -0.15) is 0 Å². The third kappa shape index (κ3) is 3.57. The van der Waals surface area contributed by atoms with Crippen molar-refractivity contribution in [2.75, 3.05) is 28.4 Å². The van der Waals surface area contributed by atoms with E-state index in [1.807, 2.05) is 0 Å². The predicted molar refractivity (Wildman–Crippen MR) is 96.5 cm³/mol. The summed E-state index contributed by atoms with van der Waals surface area (Å²) >= 11 is 0. The van der Waals surface area contributed by atoms with E-state index >= 15 is 0 Å². The van der Waals surface area contributed by atoms with E-state index in [4.69, 9.17) is 24.2 Å². The van der Waals surface area contributed by atoms with Crippen LogP contribution in [0.1, 0.15) is 21.5 Å². The maximum absolute atomic E-state index is 11.9. The van der Waals surface area contributed by atoms with Gasteiger partial charge in [-0.05, 0) is 41.0 Å². The van der Waals surface area contributed by atoms with Crippen molar-refractivity contribution < 1.29 is 28.9 Å². The Kier molecular flexibility index (Phi) is 6.08. The Morgan fingerprint density at radius 1 is 0.885 bits per heavy atom. The number of carbonyl (C=O) groups is 1. The van der Waals surface area contributed by atoms with Crippen LogP contribution in [-0.2, 0) is 0 Å². The van der Waals surface area contributed by atoms with E-state index in [1.165, 1.54) is 28.4 Å². The highest BCUT2D eigenvalue weighted by molar-refractivity contribution is 5.97. The number of hydrogen-bond donors (Lipinski definition) is 2. The highest BCUT2D eigenvalue weighted by atomic mass is 16.5. The molecule has 0 aliphatic carbocycles. The van der Waals surface area contributed by atoms with Gasteiger partial charge in [-0.15, -0.1) is 0 Å². The molecule has 0 bridgehead atoms. The van der Waals surface area contributed by atoms with Crippen molar-refractivity contribution in [1.29, 1.82) is 0 Å². The summed E-state index contributed by atoms with van der Waals surface area (Å²) in [5.41, 5.74) is 3.80. The molecule has 0 unspecified atom stereocenters. The quantitative estimate of drug-likeness (QED) is 0.584. The van der Waals surface area contributed by atoms with Crippen LogP contribution in [0.2, 0.25) is 0 Å². The fourth-order valence-corrected chi connectivity index (χ4v) is 2.56. The number of benzene rings is 2. The van der Waals surface area contributed by atoms with Crippen LogP contribution in [0.25, 0.3) is 5.57 Å². The molecular weight excluding hydrogens is 338 g/mol. The largest absolute Gasteiger partial charge is 0.496 e. The Morgan fingerprint density at radius 3 is 1.92 bits per heavy atom. The molecule has 0 saturated carbocycles. The minimum absolute atomic E-state index is 0.182. The van der Waals surface area contributed by atoms with Crippen LogP contribution in [0.5, 0.6) is 23.0 Å². The molecule has 0 saturated heterocycles. The Hall–Kier alpha value is -3.19. The number of nitrogens with one attached hydrogen (secondary N) is 1. The summed E-state index contributed by atoms with van der Waals surface area (Å²) in [5, 5.41) is 8.92. The second-order valence-corrected chi connectivity index (χ2v) is 5.25. The summed E-state index contributed by atoms with van der Waals surface area (Å²) in [6.45, 7) is 4.10. The maximum atomic E-state index is 11.9. The van der Waals surface area contributed by atoms with Crippen molar-refractivity contribution >= 4 is 11.5 Å². The monoisotopic (exact) mass is 359 g/mol. The molecule has 0 radical (unpaired) electrons. The van der Waals surface area contributed by atoms with Gasteiger partial charge in [0.25, 0.3) is 5.91 Å². The molecule has 0 fully saturated rings. The first-order chi connectivity index (χ1) is 12.5. The molecule has 1 amide bonds. The van der Waals surface area contributed by atoms with E-state index in [2.05, 4.69) is 6.58 Å². The van der Waals surface area contributed by atoms with Crippen LogP contribution < -0.4 is 24.4 Å². The molecule has 0 heterocycles. The van der Waals surface area contributed by atoms with Gasteiger partial charge in [-0.3, -0.25) is 10.0 Å². The summed E-state index contributed by atoms with van der Waals surface area (Å²) in [7, 11) is 6.02. The average molecular weight is 359 g/mol. The van der Waals surface area contributed by atoms with Gasteiger partial charge in [0.05, 0.1) is 34.0 Å². The van der Waals surface area contributed by atoms with Crippen molar-refractivity contribution in [2.45, 2.75) is 0 Å². The second kappa shape index (κ2) is 8.26. The topological polar surface area (TPSA) is 86.2 Å². The molecule has 0 aliphatic rings. The van der Waals surface area contributed by atoms with E-state index in [-0.39, 0.29) is 5.56 Å². The minimum atomic E-state index is -0.679. The lowest BCUT2D eigenvalue weighted by atomic mass is 9.96. The fourth-order valence-electron chi connectivity index (χ4n) is 2.56. The van der Waals surface area contributed by atoms with Gasteiger partial charge in [0, 0.05) is 0 Å². The van der Waals surface area contributed by atoms with Gasteiger partial charge in [0.15, 0.2) is 11.5 Å². The number of ether oxygens (including phenoxy) is 4. The van der Waals surface area contributed by atoms with Crippen molar-refractivity contribution in [3.05, 3.63) is 53.6 Å². The standard InChI is InChI=1S/C19H21NO6/c1-11(12-6-7-15(23-2)14(8-12)19(21)20-22)13-9-16(24-3)18(26-5)17(10-13)25-4/h6-10,22H,1H2,2-5H3,(H,20,21). The van der Waals surface area contributed by atoms with Gasteiger partial charge in [0.2, 0.25) is 5.75 Å². The zero-order valence-electron chi connectivity index (χ0n) is 15.1. The maximum Gasteiger partial charge on any atom is 0.278 e. The van der Waals surface area contributed by atoms with E-state index in [1.54, 1.807) is 35.8 Å². The summed E-state index contributed by atoms with van der Waals surface area (Å²) in [4.78, 5) is 11.9. The van der Waals surface area contributed by atoms with E-state index in [0.29, 0.717) is 34.1 Å². The van der Waals surface area contributed by atoms with Gasteiger partial charge in [0.1, 0.15) is 5.75 Å². The number of methoxy groups -OCH3 is 4. The number of carbonyl (C=O) groups excluding carboxylic acids is 1. The summed E-state index contributed by atoms with van der Waals surface area (Å²) in [6.07, 6.45) is 0. The third-order valence-corrected chi connectivity index (χ3v) is 3.91. The van der Waals surface area contributed by atoms with E-state index in [0.717, 1.165) is 5.56 Å². The Balaban J connectivity index is 2.54. The zero-order valence-corrected chi connectivity index (χ0v) is 15.1. The second-order valence-electron chi connectivity index (χ2n) is 5.25. The molecule has 0 aliphatic heterocycles. The van der Waals surface area contributed by atoms with Crippen LogP contribution in [0.4, 0.5) is 0 Å². The van der Waals surface area contributed by atoms with Crippen molar-refractivity contribution in [2.24, 2.45) is 0 Å². The summed E-state index contributed by atoms with van der Waals surface area (Å²) < 4.78 is 21.2. The van der Waals surface area contributed by atoms with Gasteiger partial charge in [-0.25, -0.2) is 5.48 Å². The number of hydrogen-bond acceptors (Lipinski definition) is 6. The number of hydroxylamine groups is 1. The lowest BCUT2D eigenvalue weighted by molar-refractivity contribution is 0.0703. The Labute approximate surface area is 151 Å². The highest BCUT2D eigenvalue weighted by Crippen LogP contribution is 2.41. The smallest absolute Gasteiger partial charge is 0.278 e. The van der Waals surface area contributed by atoms with Gasteiger partial charge >= 0.3 is 0 Å². The fraction of sp³-hybridized carbons (Fsp3) is 0.211. The van der Waals surface area contributed by atoms with Crippen molar-refractivity contribution in [3.63, 3.8) is 0 Å². The minimum Gasteiger partial charge on any atom is -0.496 e. The molecule has 138 valence electrons. The Morgan fingerprint density at radius 2 is 1.46 bits per heavy atom. The lowest BCUT2D eigenvalue weighted by Gasteiger charge is -2.16. The first-order valence-corrected chi connectivity index (χ1v) is 7.62. The van der Waals surface area contributed by atoms with Crippen LogP contribution >= 0.6 is 0 Å². The molecule has 0 aromatic heterocycles. The first-order valence-electron chi connectivity index (χ1n) is 7.62. The van der Waals surface area contributed by atoms with Crippen molar-refractivity contribution in [1.82, 2.24) is 5.48 Å². The number of rotatable bonds is 7. The van der Waals surface area contributed by atoms with E-state index in [9.17, 15) is 4.79 Å². The predicted octanol–water partition coefficient (Wildman–Crippen LogP) is 2.90. The third-order valence-electron chi connectivity index (χ3n) is 3.91. The molecule has 0 atom stereocenters. The molecule has 2 N–H and O–H groups in total. The normalized spacial score (nSPS) is 10.0. The summed E-state index contributed by atoms with van der Waals surface area (Å²) in [5.74, 6) is 1.11. The highest BCUT2D eigenvalue weighted by Gasteiger charge is 2.17. The number of amides is 1. The van der Waals surface area contributed by atoms with E-state index < -0.39 is 5.91 Å². The van der Waals surface area contributed by atoms with Gasteiger partial charge in [-0.1, -0.05) is 12.6 Å². The summed E-state index contributed by atoms with van der Waals surface area (Å²) in [6, 6.07) is 8.50. The molecule has 2 aromatic carbocycles. The first kappa shape index (κ1) is 19.1. The molecule has 2 rings (SSSR count).